The largest absolute Gasteiger partial charge is 0.464 e. The molecule has 0 bridgehead atoms. The first-order valence-corrected chi connectivity index (χ1v) is 8.85. The van der Waals surface area contributed by atoms with Crippen LogP contribution in [0.1, 0.15) is 66.0 Å². The number of Topliss-reactive ketones (excluding diaryl/α,β-unsaturated/α-hetero) is 1. The van der Waals surface area contributed by atoms with E-state index in [-0.39, 0.29) is 17.7 Å². The van der Waals surface area contributed by atoms with Crippen LogP contribution in [-0.4, -0.2) is 41.8 Å². The summed E-state index contributed by atoms with van der Waals surface area (Å²) in [6.45, 7) is 3.55. The van der Waals surface area contributed by atoms with Crippen molar-refractivity contribution in [3.05, 3.63) is 21.9 Å². The SMILES string of the molecule is CCOC(=O)C1(N(C)C(=O)c2cc(C(C)=O)cs2)CCCCC1. The lowest BCUT2D eigenvalue weighted by atomic mass is 9.80. The van der Waals surface area contributed by atoms with Crippen molar-refractivity contribution < 1.29 is 19.1 Å². The topological polar surface area (TPSA) is 63.7 Å². The van der Waals surface area contributed by atoms with E-state index in [4.69, 9.17) is 4.74 Å². The minimum Gasteiger partial charge on any atom is -0.464 e. The van der Waals surface area contributed by atoms with Crippen LogP contribution < -0.4 is 0 Å². The van der Waals surface area contributed by atoms with Crippen LogP contribution in [0.15, 0.2) is 11.4 Å². The van der Waals surface area contributed by atoms with Crippen molar-refractivity contribution in [2.75, 3.05) is 13.7 Å². The van der Waals surface area contributed by atoms with E-state index < -0.39 is 5.54 Å². The van der Waals surface area contributed by atoms with E-state index >= 15 is 0 Å². The number of thiophene rings is 1. The lowest BCUT2D eigenvalue weighted by Crippen LogP contribution is -2.56. The molecule has 1 aromatic rings. The summed E-state index contributed by atoms with van der Waals surface area (Å²) in [6, 6.07) is 1.60. The van der Waals surface area contributed by atoms with E-state index in [0.717, 1.165) is 19.3 Å². The Hall–Kier alpha value is -1.69. The Balaban J connectivity index is 2.28. The van der Waals surface area contributed by atoms with Gasteiger partial charge in [0.2, 0.25) is 0 Å². The maximum atomic E-state index is 12.8. The fraction of sp³-hybridized carbons (Fsp3) is 0.588. The number of amides is 1. The van der Waals surface area contributed by atoms with Crippen LogP contribution >= 0.6 is 11.3 Å². The smallest absolute Gasteiger partial charge is 0.332 e. The number of rotatable bonds is 5. The lowest BCUT2D eigenvalue weighted by Gasteiger charge is -2.42. The van der Waals surface area contributed by atoms with Crippen molar-refractivity contribution in [3.63, 3.8) is 0 Å². The number of likely N-dealkylation sites (N-methyl/N-ethyl adjacent to an activating group) is 1. The van der Waals surface area contributed by atoms with Crippen molar-refractivity contribution in [3.8, 4) is 0 Å². The van der Waals surface area contributed by atoms with Gasteiger partial charge >= 0.3 is 5.97 Å². The van der Waals surface area contributed by atoms with Gasteiger partial charge in [0.25, 0.3) is 5.91 Å². The van der Waals surface area contributed by atoms with Crippen LogP contribution in [0.5, 0.6) is 0 Å². The second kappa shape index (κ2) is 7.25. The highest BCUT2D eigenvalue weighted by atomic mass is 32.1. The van der Waals surface area contributed by atoms with Gasteiger partial charge < -0.3 is 9.64 Å². The van der Waals surface area contributed by atoms with Gasteiger partial charge in [-0.05, 0) is 32.8 Å². The summed E-state index contributed by atoms with van der Waals surface area (Å²) in [4.78, 5) is 38.8. The zero-order valence-electron chi connectivity index (χ0n) is 13.9. The number of hydrogen-bond acceptors (Lipinski definition) is 5. The molecular weight excluding hydrogens is 314 g/mol. The number of esters is 1. The molecule has 1 fully saturated rings. The van der Waals surface area contributed by atoms with E-state index in [9.17, 15) is 14.4 Å². The molecule has 0 radical (unpaired) electrons. The van der Waals surface area contributed by atoms with Gasteiger partial charge in [-0.25, -0.2) is 4.79 Å². The van der Waals surface area contributed by atoms with E-state index in [1.165, 1.54) is 23.2 Å². The normalized spacial score (nSPS) is 16.7. The number of hydrogen-bond donors (Lipinski definition) is 0. The molecule has 0 atom stereocenters. The number of ketones is 1. The van der Waals surface area contributed by atoms with Crippen LogP contribution in [-0.2, 0) is 9.53 Å². The summed E-state index contributed by atoms with van der Waals surface area (Å²) in [5.74, 6) is -0.614. The third-order valence-corrected chi connectivity index (χ3v) is 5.42. The molecule has 2 rings (SSSR count). The second-order valence-corrected chi connectivity index (χ2v) is 6.84. The highest BCUT2D eigenvalue weighted by Crippen LogP contribution is 2.35. The summed E-state index contributed by atoms with van der Waals surface area (Å²) in [7, 11) is 1.66. The van der Waals surface area contributed by atoms with Gasteiger partial charge in [0.05, 0.1) is 11.5 Å². The van der Waals surface area contributed by atoms with Gasteiger partial charge in [0.1, 0.15) is 5.54 Å². The maximum absolute atomic E-state index is 12.8. The molecule has 1 saturated carbocycles. The van der Waals surface area contributed by atoms with E-state index in [2.05, 4.69) is 0 Å². The number of ether oxygens (including phenoxy) is 1. The first-order chi connectivity index (χ1) is 10.9. The van der Waals surface area contributed by atoms with Gasteiger partial charge in [-0.2, -0.15) is 0 Å². The van der Waals surface area contributed by atoms with Crippen LogP contribution in [0.4, 0.5) is 0 Å². The average Bonchev–Trinajstić information content (AvgIpc) is 3.04. The standard InChI is InChI=1S/C17H23NO4S/c1-4-22-16(21)17(8-6-5-7-9-17)18(3)15(20)14-10-13(11-23-14)12(2)19/h10-11H,4-9H2,1-3H3. The van der Waals surface area contributed by atoms with Gasteiger partial charge in [0, 0.05) is 18.0 Å². The zero-order chi connectivity index (χ0) is 17.0. The Bertz CT molecular complexity index is 601. The maximum Gasteiger partial charge on any atom is 0.332 e. The third-order valence-electron chi connectivity index (χ3n) is 4.50. The second-order valence-electron chi connectivity index (χ2n) is 5.93. The highest BCUT2D eigenvalue weighted by Gasteiger charge is 2.46. The molecule has 23 heavy (non-hydrogen) atoms. The molecule has 0 aromatic carbocycles. The minimum atomic E-state index is -0.883. The van der Waals surface area contributed by atoms with Gasteiger partial charge in [-0.3, -0.25) is 9.59 Å². The van der Waals surface area contributed by atoms with Crippen LogP contribution in [0.2, 0.25) is 0 Å². The summed E-state index contributed by atoms with van der Waals surface area (Å²) >= 11 is 1.24. The van der Waals surface area contributed by atoms with Crippen LogP contribution in [0.3, 0.4) is 0 Å². The first kappa shape index (κ1) is 17.7. The van der Waals surface area contributed by atoms with E-state index in [0.29, 0.717) is 29.9 Å². The minimum absolute atomic E-state index is 0.0688. The summed E-state index contributed by atoms with van der Waals surface area (Å²) < 4.78 is 5.25. The van der Waals surface area contributed by atoms with E-state index in [1.807, 2.05) is 0 Å². The van der Waals surface area contributed by atoms with Crippen molar-refractivity contribution in [1.29, 1.82) is 0 Å². The summed E-state index contributed by atoms with van der Waals surface area (Å²) in [5, 5.41) is 1.68. The predicted octanol–water partition coefficient (Wildman–Crippen LogP) is 3.29. The molecular formula is C17H23NO4S. The van der Waals surface area contributed by atoms with Crippen LogP contribution in [0, 0.1) is 0 Å². The molecule has 1 heterocycles. The van der Waals surface area contributed by atoms with Crippen molar-refractivity contribution >= 4 is 29.0 Å². The lowest BCUT2D eigenvalue weighted by molar-refractivity contribution is -0.157. The Labute approximate surface area is 140 Å². The Kier molecular flexibility index (Phi) is 5.57. The Morgan fingerprint density at radius 2 is 1.91 bits per heavy atom. The molecule has 0 saturated heterocycles. The molecule has 0 spiro atoms. The van der Waals surface area contributed by atoms with Crippen LogP contribution in [0.25, 0.3) is 0 Å². The molecule has 6 heteroatoms. The number of nitrogens with zero attached hydrogens (tertiary/aromatic N) is 1. The third kappa shape index (κ3) is 3.47. The van der Waals surface area contributed by atoms with Gasteiger partial charge in [-0.1, -0.05) is 19.3 Å². The molecule has 0 aliphatic heterocycles. The molecule has 126 valence electrons. The van der Waals surface area contributed by atoms with Crippen molar-refractivity contribution in [1.82, 2.24) is 4.90 Å². The van der Waals surface area contributed by atoms with Gasteiger partial charge in [0.15, 0.2) is 5.78 Å². The first-order valence-electron chi connectivity index (χ1n) is 7.97. The number of carbonyl (C=O) groups excluding carboxylic acids is 3. The molecule has 1 aliphatic rings. The molecule has 1 aromatic heterocycles. The predicted molar refractivity (Wildman–Crippen MR) is 88.9 cm³/mol. The quantitative estimate of drug-likeness (QED) is 0.611. The average molecular weight is 337 g/mol. The highest BCUT2D eigenvalue weighted by molar-refractivity contribution is 7.12. The molecule has 5 nitrogen and oxygen atoms in total. The molecule has 1 aliphatic carbocycles. The fourth-order valence-corrected chi connectivity index (χ4v) is 3.99. The Morgan fingerprint density at radius 3 is 2.43 bits per heavy atom. The summed E-state index contributed by atoms with van der Waals surface area (Å²) in [6.07, 6.45) is 4.12. The van der Waals surface area contributed by atoms with Crippen molar-refractivity contribution in [2.24, 2.45) is 0 Å². The van der Waals surface area contributed by atoms with E-state index in [1.54, 1.807) is 25.4 Å². The van der Waals surface area contributed by atoms with Gasteiger partial charge in [-0.15, -0.1) is 11.3 Å². The van der Waals surface area contributed by atoms with Crippen molar-refractivity contribution in [2.45, 2.75) is 51.5 Å². The molecule has 0 unspecified atom stereocenters. The molecule has 1 amide bonds. The summed E-state index contributed by atoms with van der Waals surface area (Å²) in [5.41, 5.74) is -0.355. The number of carbonyl (C=O) groups is 3. The molecule has 0 N–H and O–H groups in total. The monoisotopic (exact) mass is 337 g/mol. The Morgan fingerprint density at radius 1 is 1.26 bits per heavy atom. The zero-order valence-corrected chi connectivity index (χ0v) is 14.7. The fourth-order valence-electron chi connectivity index (χ4n) is 3.07.